The fourth-order valence-electron chi connectivity index (χ4n) is 2.87. The lowest BCUT2D eigenvalue weighted by molar-refractivity contribution is 0.556. The number of aryl methyl sites for hydroxylation is 2. The summed E-state index contributed by atoms with van der Waals surface area (Å²) in [5.41, 5.74) is 5.50. The number of para-hydroxylation sites is 1. The summed E-state index contributed by atoms with van der Waals surface area (Å²) in [6, 6.07) is 6.52. The van der Waals surface area contributed by atoms with Crippen LogP contribution < -0.4 is 4.90 Å². The van der Waals surface area contributed by atoms with Crippen molar-refractivity contribution in [3.05, 3.63) is 41.1 Å². The number of rotatable bonds is 5. The molecule has 0 aliphatic carbocycles. The van der Waals surface area contributed by atoms with Crippen LogP contribution in [0.25, 0.3) is 0 Å². The zero-order valence-electron chi connectivity index (χ0n) is 12.7. The molecule has 1 aromatic carbocycles. The Morgan fingerprint density at radius 3 is 2.06 bits per heavy atom. The number of benzene rings is 1. The van der Waals surface area contributed by atoms with E-state index in [2.05, 4.69) is 70.8 Å². The van der Waals surface area contributed by atoms with Crippen molar-refractivity contribution in [1.29, 1.82) is 0 Å². The lowest BCUT2D eigenvalue weighted by atomic mass is 9.96. The average Bonchev–Trinajstić information content (AvgIpc) is 2.35. The minimum atomic E-state index is 0.652. The summed E-state index contributed by atoms with van der Waals surface area (Å²) < 4.78 is 0. The van der Waals surface area contributed by atoms with Crippen molar-refractivity contribution in [2.45, 2.75) is 47.5 Å². The Bertz CT molecular complexity index is 393. The zero-order chi connectivity index (χ0) is 13.7. The van der Waals surface area contributed by atoms with E-state index < -0.39 is 0 Å². The van der Waals surface area contributed by atoms with Gasteiger partial charge in [0, 0.05) is 18.4 Å². The van der Waals surface area contributed by atoms with E-state index in [4.69, 9.17) is 0 Å². The number of hydrogen-bond donors (Lipinski definition) is 0. The minimum absolute atomic E-state index is 0.652. The quantitative estimate of drug-likeness (QED) is 0.699. The third-order valence-electron chi connectivity index (χ3n) is 3.86. The maximum Gasteiger partial charge on any atom is 0.0465 e. The standard InChI is InChI=1S/C17H27N/c1-7-15(8-2)16(9-3)18(6)17-13(4)11-10-12-14(17)5/h9-12,15H,7-8H2,1-6H3/b16-9-. The van der Waals surface area contributed by atoms with E-state index in [1.807, 2.05) is 0 Å². The van der Waals surface area contributed by atoms with E-state index in [1.165, 1.54) is 35.4 Å². The van der Waals surface area contributed by atoms with Gasteiger partial charge in [-0.1, -0.05) is 38.1 Å². The normalized spacial score (nSPS) is 12.1. The van der Waals surface area contributed by atoms with Crippen LogP contribution in [0.15, 0.2) is 30.0 Å². The molecule has 1 rings (SSSR count). The van der Waals surface area contributed by atoms with E-state index in [-0.39, 0.29) is 0 Å². The van der Waals surface area contributed by atoms with Gasteiger partial charge < -0.3 is 4.90 Å². The van der Waals surface area contributed by atoms with Gasteiger partial charge in [-0.15, -0.1) is 0 Å². The molecule has 0 N–H and O–H groups in total. The Kier molecular flexibility index (Phi) is 5.46. The van der Waals surface area contributed by atoms with E-state index in [9.17, 15) is 0 Å². The molecule has 0 spiro atoms. The van der Waals surface area contributed by atoms with Crippen LogP contribution in [0.4, 0.5) is 5.69 Å². The maximum atomic E-state index is 2.38. The highest BCUT2D eigenvalue weighted by atomic mass is 15.1. The molecular weight excluding hydrogens is 218 g/mol. The highest BCUT2D eigenvalue weighted by Crippen LogP contribution is 2.31. The SMILES string of the molecule is C/C=C(/C(CC)CC)N(C)c1c(C)cccc1C. The smallest absolute Gasteiger partial charge is 0.0465 e. The van der Waals surface area contributed by atoms with Crippen LogP contribution >= 0.6 is 0 Å². The molecule has 0 saturated carbocycles. The van der Waals surface area contributed by atoms with Crippen molar-refractivity contribution >= 4 is 5.69 Å². The molecule has 0 heterocycles. The van der Waals surface area contributed by atoms with Crippen LogP contribution in [0.3, 0.4) is 0 Å². The third kappa shape index (κ3) is 2.95. The Labute approximate surface area is 113 Å². The fourth-order valence-corrected chi connectivity index (χ4v) is 2.87. The molecule has 1 heteroatoms. The topological polar surface area (TPSA) is 3.24 Å². The second kappa shape index (κ2) is 6.63. The highest BCUT2D eigenvalue weighted by molar-refractivity contribution is 5.62. The van der Waals surface area contributed by atoms with Gasteiger partial charge in [-0.05, 0) is 50.7 Å². The molecule has 0 bridgehead atoms. The number of nitrogens with zero attached hydrogens (tertiary/aromatic N) is 1. The molecule has 1 nitrogen and oxygen atoms in total. The molecule has 0 fully saturated rings. The molecule has 0 aliphatic rings. The van der Waals surface area contributed by atoms with Gasteiger partial charge in [0.25, 0.3) is 0 Å². The predicted molar refractivity (Wildman–Crippen MR) is 82.1 cm³/mol. The molecular formula is C17H27N. The predicted octanol–water partition coefficient (Wildman–Crippen LogP) is 5.08. The van der Waals surface area contributed by atoms with E-state index >= 15 is 0 Å². The lowest BCUT2D eigenvalue weighted by Crippen LogP contribution is -2.24. The molecule has 0 amide bonds. The van der Waals surface area contributed by atoms with Crippen molar-refractivity contribution in [3.8, 4) is 0 Å². The van der Waals surface area contributed by atoms with E-state index in [1.54, 1.807) is 0 Å². The monoisotopic (exact) mass is 245 g/mol. The van der Waals surface area contributed by atoms with Gasteiger partial charge in [0.2, 0.25) is 0 Å². The molecule has 1 aromatic rings. The molecule has 0 radical (unpaired) electrons. The van der Waals surface area contributed by atoms with Crippen LogP contribution in [0.2, 0.25) is 0 Å². The van der Waals surface area contributed by atoms with Crippen molar-refractivity contribution in [3.63, 3.8) is 0 Å². The zero-order valence-corrected chi connectivity index (χ0v) is 12.7. The van der Waals surface area contributed by atoms with Crippen molar-refractivity contribution in [2.75, 3.05) is 11.9 Å². The first-order chi connectivity index (χ1) is 8.56. The first kappa shape index (κ1) is 14.8. The van der Waals surface area contributed by atoms with Gasteiger partial charge in [-0.3, -0.25) is 0 Å². The maximum absolute atomic E-state index is 2.38. The molecule has 100 valence electrons. The largest absolute Gasteiger partial charge is 0.348 e. The minimum Gasteiger partial charge on any atom is -0.348 e. The summed E-state index contributed by atoms with van der Waals surface area (Å²) in [4.78, 5) is 2.38. The second-order valence-electron chi connectivity index (χ2n) is 5.03. The number of allylic oxidation sites excluding steroid dienone is 2. The van der Waals surface area contributed by atoms with Crippen molar-refractivity contribution in [2.24, 2.45) is 5.92 Å². The Hall–Kier alpha value is -1.24. The molecule has 0 aromatic heterocycles. The van der Waals surface area contributed by atoms with Crippen LogP contribution in [-0.4, -0.2) is 7.05 Å². The summed E-state index contributed by atoms with van der Waals surface area (Å²) in [7, 11) is 2.20. The lowest BCUT2D eigenvalue weighted by Gasteiger charge is -2.31. The van der Waals surface area contributed by atoms with Crippen LogP contribution in [0.5, 0.6) is 0 Å². The van der Waals surface area contributed by atoms with Crippen molar-refractivity contribution in [1.82, 2.24) is 0 Å². The average molecular weight is 245 g/mol. The van der Waals surface area contributed by atoms with Gasteiger partial charge in [0.15, 0.2) is 0 Å². The first-order valence-electron chi connectivity index (χ1n) is 7.02. The summed E-state index contributed by atoms with van der Waals surface area (Å²) in [5.74, 6) is 0.652. The Balaban J connectivity index is 3.16. The summed E-state index contributed by atoms with van der Waals surface area (Å²) in [6.45, 7) is 11.1. The Morgan fingerprint density at radius 1 is 1.17 bits per heavy atom. The van der Waals surface area contributed by atoms with Gasteiger partial charge in [-0.25, -0.2) is 0 Å². The Morgan fingerprint density at radius 2 is 1.67 bits per heavy atom. The van der Waals surface area contributed by atoms with E-state index in [0.717, 1.165) is 0 Å². The molecule has 0 unspecified atom stereocenters. The van der Waals surface area contributed by atoms with E-state index in [0.29, 0.717) is 5.92 Å². The number of hydrogen-bond acceptors (Lipinski definition) is 1. The van der Waals surface area contributed by atoms with Crippen LogP contribution in [0.1, 0.15) is 44.7 Å². The second-order valence-corrected chi connectivity index (χ2v) is 5.03. The van der Waals surface area contributed by atoms with Crippen LogP contribution in [-0.2, 0) is 0 Å². The summed E-state index contributed by atoms with van der Waals surface area (Å²) in [5, 5.41) is 0. The molecule has 0 aliphatic heterocycles. The van der Waals surface area contributed by atoms with Crippen molar-refractivity contribution < 1.29 is 0 Å². The summed E-state index contributed by atoms with van der Waals surface area (Å²) >= 11 is 0. The molecule has 18 heavy (non-hydrogen) atoms. The van der Waals surface area contributed by atoms with Gasteiger partial charge in [0.05, 0.1) is 0 Å². The fraction of sp³-hybridized carbons (Fsp3) is 0.529. The first-order valence-corrected chi connectivity index (χ1v) is 7.02. The number of anilines is 1. The molecule has 0 saturated heterocycles. The third-order valence-corrected chi connectivity index (χ3v) is 3.86. The van der Waals surface area contributed by atoms with Crippen LogP contribution in [0, 0.1) is 19.8 Å². The highest BCUT2D eigenvalue weighted by Gasteiger charge is 2.17. The van der Waals surface area contributed by atoms with Gasteiger partial charge in [0.1, 0.15) is 0 Å². The van der Waals surface area contributed by atoms with Gasteiger partial charge in [-0.2, -0.15) is 0 Å². The van der Waals surface area contributed by atoms with Gasteiger partial charge >= 0.3 is 0 Å². The summed E-state index contributed by atoms with van der Waals surface area (Å²) in [6.07, 6.45) is 4.67. The molecule has 0 atom stereocenters.